The summed E-state index contributed by atoms with van der Waals surface area (Å²) in [4.78, 5) is 22.4. The highest BCUT2D eigenvalue weighted by atomic mass is 16.1. The van der Waals surface area contributed by atoms with Crippen molar-refractivity contribution in [3.8, 4) is 11.1 Å². The normalized spacial score (nSPS) is 12.8. The Morgan fingerprint density at radius 2 is 1.95 bits per heavy atom. The summed E-state index contributed by atoms with van der Waals surface area (Å²) in [7, 11) is 0. The van der Waals surface area contributed by atoms with E-state index in [0.717, 1.165) is 64.6 Å². The van der Waals surface area contributed by atoms with Crippen molar-refractivity contribution in [3.63, 3.8) is 0 Å². The Morgan fingerprint density at radius 3 is 2.68 bits per heavy atom. The second-order valence-corrected chi connectivity index (χ2v) is 9.93. The molecule has 4 rings (SSSR count). The third kappa shape index (κ3) is 6.74. The van der Waals surface area contributed by atoms with Crippen molar-refractivity contribution in [1.82, 2.24) is 9.97 Å². The minimum absolute atomic E-state index is 0.123. The average molecular weight is 499 g/mol. The number of aromatic nitrogens is 2. The maximum Gasteiger partial charge on any atom is 0.256 e. The molecule has 7 heteroatoms. The van der Waals surface area contributed by atoms with Gasteiger partial charge in [-0.2, -0.15) is 0 Å². The summed E-state index contributed by atoms with van der Waals surface area (Å²) in [6.07, 6.45) is 9.67. The van der Waals surface area contributed by atoms with Gasteiger partial charge in [-0.15, -0.1) is 0 Å². The van der Waals surface area contributed by atoms with Gasteiger partial charge >= 0.3 is 0 Å². The Morgan fingerprint density at radius 1 is 1.08 bits per heavy atom. The number of amides is 1. The van der Waals surface area contributed by atoms with Crippen molar-refractivity contribution in [2.24, 2.45) is 11.7 Å². The van der Waals surface area contributed by atoms with E-state index in [1.165, 1.54) is 12.8 Å². The zero-order chi connectivity index (χ0) is 26.2. The number of nitrogens with one attached hydrogen (secondary N) is 3. The minimum Gasteiger partial charge on any atom is -0.381 e. The molecule has 3 aromatic rings. The number of hydrogen-bond donors (Lipinski definition) is 4. The first kappa shape index (κ1) is 26.4. The lowest BCUT2D eigenvalue weighted by molar-refractivity contribution is -0.111. The lowest BCUT2D eigenvalue weighted by Gasteiger charge is -2.25. The van der Waals surface area contributed by atoms with Crippen molar-refractivity contribution in [2.75, 3.05) is 29.0 Å². The summed E-state index contributed by atoms with van der Waals surface area (Å²) in [5.41, 5.74) is 13.1. The molecule has 1 aliphatic rings. The highest BCUT2D eigenvalue weighted by Crippen LogP contribution is 2.36. The van der Waals surface area contributed by atoms with Crippen molar-refractivity contribution < 1.29 is 4.79 Å². The van der Waals surface area contributed by atoms with Crippen LogP contribution in [-0.4, -0.2) is 29.0 Å². The van der Waals surface area contributed by atoms with Crippen LogP contribution in [0.1, 0.15) is 57.6 Å². The van der Waals surface area contributed by atoms with Gasteiger partial charge in [0.15, 0.2) is 0 Å². The Balaban J connectivity index is 1.50. The second-order valence-electron chi connectivity index (χ2n) is 9.93. The predicted octanol–water partition coefficient (Wildman–Crippen LogP) is 6.07. The fourth-order valence-electron chi connectivity index (χ4n) is 4.57. The second kappa shape index (κ2) is 12.5. The number of unbranched alkanes of at least 4 members (excludes halogenated alkanes) is 1. The number of carbonyl (C=O) groups is 1. The zero-order valence-electron chi connectivity index (χ0n) is 22.1. The van der Waals surface area contributed by atoms with Gasteiger partial charge < -0.3 is 21.7 Å². The number of carbonyl (C=O) groups excluding carboxylic acids is 1. The number of anilines is 3. The van der Waals surface area contributed by atoms with Crippen LogP contribution < -0.4 is 21.7 Å². The van der Waals surface area contributed by atoms with Gasteiger partial charge in [0, 0.05) is 54.4 Å². The predicted molar refractivity (Wildman–Crippen MR) is 153 cm³/mol. The molecule has 37 heavy (non-hydrogen) atoms. The molecular weight excluding hydrogens is 460 g/mol. The summed E-state index contributed by atoms with van der Waals surface area (Å²) in [6.45, 7) is 8.56. The Labute approximate surface area is 220 Å². The Hall–Kier alpha value is -3.71. The van der Waals surface area contributed by atoms with E-state index in [-0.39, 0.29) is 5.91 Å². The van der Waals surface area contributed by atoms with Crippen LogP contribution >= 0.6 is 0 Å². The molecule has 194 valence electrons. The van der Waals surface area contributed by atoms with Crippen LogP contribution in [0.3, 0.4) is 0 Å². The van der Waals surface area contributed by atoms with Crippen LogP contribution in [0.4, 0.5) is 17.2 Å². The molecule has 1 aromatic carbocycles. The number of pyridine rings is 2. The van der Waals surface area contributed by atoms with E-state index >= 15 is 0 Å². The molecule has 2 aromatic heterocycles. The average Bonchev–Trinajstić information content (AvgIpc) is 2.92. The van der Waals surface area contributed by atoms with E-state index in [2.05, 4.69) is 52.8 Å². The van der Waals surface area contributed by atoms with Crippen LogP contribution in [0.25, 0.3) is 16.7 Å². The molecule has 0 saturated carbocycles. The van der Waals surface area contributed by atoms with E-state index in [9.17, 15) is 4.79 Å². The van der Waals surface area contributed by atoms with Gasteiger partial charge in [-0.3, -0.25) is 9.78 Å². The Bertz CT molecular complexity index is 1250. The lowest BCUT2D eigenvalue weighted by Crippen LogP contribution is -2.22. The van der Waals surface area contributed by atoms with Crippen LogP contribution in [0.5, 0.6) is 0 Å². The van der Waals surface area contributed by atoms with Crippen molar-refractivity contribution in [3.05, 3.63) is 71.7 Å². The lowest BCUT2D eigenvalue weighted by atomic mass is 9.90. The summed E-state index contributed by atoms with van der Waals surface area (Å²) in [6, 6.07) is 12.0. The minimum atomic E-state index is -0.123. The fraction of sp³-hybridized carbons (Fsp3) is 0.367. The molecule has 7 nitrogen and oxygen atoms in total. The molecule has 1 amide bonds. The number of fused-ring (bicyclic) bond motifs is 1. The molecule has 1 aliphatic heterocycles. The first-order valence-corrected chi connectivity index (χ1v) is 13.2. The Kier molecular flexibility index (Phi) is 8.90. The SMILES string of the molecule is CCC1=C(C(=O)Nc2ccc(NCCCCC(C)C)nc2)c2cc(-c3cncc(CN)c3)ccc2NC1. The van der Waals surface area contributed by atoms with E-state index < -0.39 is 0 Å². The van der Waals surface area contributed by atoms with Gasteiger partial charge in [-0.25, -0.2) is 4.98 Å². The molecule has 0 spiro atoms. The van der Waals surface area contributed by atoms with Gasteiger partial charge in [0.1, 0.15) is 5.82 Å². The molecule has 0 fully saturated rings. The topological polar surface area (TPSA) is 105 Å². The first-order chi connectivity index (χ1) is 18.0. The van der Waals surface area contributed by atoms with Crippen LogP contribution in [0, 0.1) is 5.92 Å². The van der Waals surface area contributed by atoms with Gasteiger partial charge in [-0.05, 0) is 65.8 Å². The summed E-state index contributed by atoms with van der Waals surface area (Å²) in [5, 5.41) is 9.90. The monoisotopic (exact) mass is 498 g/mol. The molecule has 0 saturated heterocycles. The first-order valence-electron chi connectivity index (χ1n) is 13.2. The van der Waals surface area contributed by atoms with E-state index in [1.54, 1.807) is 12.4 Å². The third-order valence-corrected chi connectivity index (χ3v) is 6.69. The summed E-state index contributed by atoms with van der Waals surface area (Å²) < 4.78 is 0. The number of nitrogens with zero attached hydrogens (tertiary/aromatic N) is 2. The van der Waals surface area contributed by atoms with E-state index in [1.807, 2.05) is 36.5 Å². The fourth-order valence-corrected chi connectivity index (χ4v) is 4.57. The maximum absolute atomic E-state index is 13.6. The van der Waals surface area contributed by atoms with Crippen molar-refractivity contribution in [1.29, 1.82) is 0 Å². The third-order valence-electron chi connectivity index (χ3n) is 6.69. The largest absolute Gasteiger partial charge is 0.381 e. The smallest absolute Gasteiger partial charge is 0.256 e. The quantitative estimate of drug-likeness (QED) is 0.239. The van der Waals surface area contributed by atoms with E-state index in [0.29, 0.717) is 24.4 Å². The molecule has 0 atom stereocenters. The van der Waals surface area contributed by atoms with Crippen molar-refractivity contribution in [2.45, 2.75) is 53.0 Å². The van der Waals surface area contributed by atoms with Gasteiger partial charge in [0.25, 0.3) is 5.91 Å². The molecule has 0 aliphatic carbocycles. The molecule has 0 radical (unpaired) electrons. The molecule has 0 bridgehead atoms. The summed E-state index contributed by atoms with van der Waals surface area (Å²) >= 11 is 0. The number of benzene rings is 1. The summed E-state index contributed by atoms with van der Waals surface area (Å²) in [5.74, 6) is 1.44. The van der Waals surface area contributed by atoms with Crippen molar-refractivity contribution >= 4 is 28.7 Å². The molecular formula is C30H38N6O. The van der Waals surface area contributed by atoms with Crippen LogP contribution in [-0.2, 0) is 11.3 Å². The highest BCUT2D eigenvalue weighted by molar-refractivity contribution is 6.28. The molecule has 0 unspecified atom stereocenters. The van der Waals surface area contributed by atoms with Gasteiger partial charge in [0.05, 0.1) is 11.9 Å². The van der Waals surface area contributed by atoms with Crippen LogP contribution in [0.15, 0.2) is 60.6 Å². The van der Waals surface area contributed by atoms with Gasteiger partial charge in [0.2, 0.25) is 0 Å². The number of nitrogens with two attached hydrogens (primary N) is 1. The standard InChI is InChI=1S/C30H38N6O/c1-4-22-18-34-27-10-8-23(24-13-21(15-31)16-32-17-24)14-26(27)29(22)30(37)36-25-9-11-28(35-19-25)33-12-6-5-7-20(2)3/h8-11,13-14,16-17,19-20,34H,4-7,12,15,18,31H2,1-3H3,(H,33,35)(H,36,37). The molecule has 3 heterocycles. The number of rotatable bonds is 11. The molecule has 5 N–H and O–H groups in total. The van der Waals surface area contributed by atoms with Crippen LogP contribution in [0.2, 0.25) is 0 Å². The van der Waals surface area contributed by atoms with E-state index in [4.69, 9.17) is 5.73 Å². The van der Waals surface area contributed by atoms with Gasteiger partial charge in [-0.1, -0.05) is 39.7 Å². The zero-order valence-corrected chi connectivity index (χ0v) is 22.1. The maximum atomic E-state index is 13.6. The highest BCUT2D eigenvalue weighted by Gasteiger charge is 2.24. The number of hydrogen-bond acceptors (Lipinski definition) is 6.